The number of benzene rings is 1. The Bertz CT molecular complexity index is 1280. The summed E-state index contributed by atoms with van der Waals surface area (Å²) >= 11 is 6.25. The number of hydrogen-bond donors (Lipinski definition) is 0. The molecule has 0 radical (unpaired) electrons. The Labute approximate surface area is 226 Å². The van der Waals surface area contributed by atoms with Crippen LogP contribution in [0, 0.1) is 0 Å². The number of rotatable bonds is 12. The fraction of sp³-hybridized carbons (Fsp3) is 0.538. The van der Waals surface area contributed by atoms with Crippen molar-refractivity contribution in [1.82, 2.24) is 14.8 Å². The molecule has 4 rings (SSSR count). The van der Waals surface area contributed by atoms with Gasteiger partial charge in [0.2, 0.25) is 0 Å². The Morgan fingerprint density at radius 1 is 0.946 bits per heavy atom. The SMILES string of the molecule is COc1c(-c2nn(COCC[Si](C)(C)C)c3nc(Cl)ccc23)ccc2c1N=NC2COCC[Si](C)(C)C. The molecule has 1 aromatic carbocycles. The first-order chi connectivity index (χ1) is 17.5. The molecule has 1 aliphatic heterocycles. The fourth-order valence-corrected chi connectivity index (χ4v) is 5.74. The van der Waals surface area contributed by atoms with E-state index in [1.54, 1.807) is 17.9 Å². The number of methoxy groups -OCH3 is 1. The zero-order chi connectivity index (χ0) is 26.8. The highest BCUT2D eigenvalue weighted by Crippen LogP contribution is 2.48. The van der Waals surface area contributed by atoms with Crippen LogP contribution in [-0.4, -0.2) is 57.8 Å². The maximum absolute atomic E-state index is 6.25. The van der Waals surface area contributed by atoms with Crippen LogP contribution >= 0.6 is 11.6 Å². The lowest BCUT2D eigenvalue weighted by Crippen LogP contribution is -2.22. The smallest absolute Gasteiger partial charge is 0.162 e. The highest BCUT2D eigenvalue weighted by Gasteiger charge is 2.28. The molecular weight excluding hydrogens is 522 g/mol. The molecular formula is C26H38ClN5O3Si2. The maximum Gasteiger partial charge on any atom is 0.162 e. The molecule has 0 N–H and O–H groups in total. The van der Waals surface area contributed by atoms with Gasteiger partial charge in [0.15, 0.2) is 11.4 Å². The van der Waals surface area contributed by atoms with Crippen molar-refractivity contribution in [2.24, 2.45) is 10.2 Å². The van der Waals surface area contributed by atoms with Crippen molar-refractivity contribution < 1.29 is 14.2 Å². The van der Waals surface area contributed by atoms with Crippen LogP contribution in [0.4, 0.5) is 5.69 Å². The van der Waals surface area contributed by atoms with E-state index in [4.69, 9.17) is 30.9 Å². The minimum absolute atomic E-state index is 0.130. The van der Waals surface area contributed by atoms with E-state index in [0.29, 0.717) is 36.5 Å². The summed E-state index contributed by atoms with van der Waals surface area (Å²) in [5, 5.41) is 15.1. The molecule has 1 aliphatic rings. The van der Waals surface area contributed by atoms with Gasteiger partial charge in [0.05, 0.1) is 13.7 Å². The van der Waals surface area contributed by atoms with Gasteiger partial charge in [-0.15, -0.1) is 0 Å². The van der Waals surface area contributed by atoms with Crippen LogP contribution in [0.5, 0.6) is 5.75 Å². The van der Waals surface area contributed by atoms with Crippen LogP contribution in [0.1, 0.15) is 11.6 Å². The minimum atomic E-state index is -1.19. The lowest BCUT2D eigenvalue weighted by atomic mass is 10.0. The van der Waals surface area contributed by atoms with E-state index < -0.39 is 16.1 Å². The van der Waals surface area contributed by atoms with Crippen LogP contribution in [0.2, 0.25) is 56.5 Å². The molecule has 0 spiro atoms. The predicted molar refractivity (Wildman–Crippen MR) is 155 cm³/mol. The van der Waals surface area contributed by atoms with Gasteiger partial charge in [-0.25, -0.2) is 9.67 Å². The van der Waals surface area contributed by atoms with Crippen molar-refractivity contribution >= 4 is 44.5 Å². The van der Waals surface area contributed by atoms with Crippen LogP contribution < -0.4 is 4.74 Å². The number of nitrogens with zero attached hydrogens (tertiary/aromatic N) is 5. The summed E-state index contributed by atoms with van der Waals surface area (Å²) in [6.45, 7) is 16.3. The lowest BCUT2D eigenvalue weighted by molar-refractivity contribution is 0.0814. The Morgan fingerprint density at radius 2 is 1.65 bits per heavy atom. The van der Waals surface area contributed by atoms with Crippen molar-refractivity contribution in [3.63, 3.8) is 0 Å². The van der Waals surface area contributed by atoms with Gasteiger partial charge in [-0.1, -0.05) is 56.9 Å². The van der Waals surface area contributed by atoms with E-state index in [0.717, 1.165) is 46.6 Å². The van der Waals surface area contributed by atoms with Crippen molar-refractivity contribution in [1.29, 1.82) is 0 Å². The van der Waals surface area contributed by atoms with E-state index >= 15 is 0 Å². The van der Waals surface area contributed by atoms with E-state index in [2.05, 4.69) is 60.6 Å². The number of fused-ring (bicyclic) bond motifs is 2. The molecule has 0 amide bonds. The quantitative estimate of drug-likeness (QED) is 0.130. The number of aromatic nitrogens is 3. The number of ether oxygens (including phenoxy) is 3. The third kappa shape index (κ3) is 6.86. The number of pyridine rings is 1. The molecule has 1 atom stereocenters. The Kier molecular flexibility index (Phi) is 8.54. The standard InChI is InChI=1S/C26H38ClN5O3Si2/c1-33-25-19(9-8-18-21(29-30-24(18)25)16-34-12-14-36(2,3)4)23-20-10-11-22(27)28-26(20)32(31-23)17-35-13-15-37(5,6)7/h8-11,21H,12-17H2,1-7H3. The topological polar surface area (TPSA) is 83.1 Å². The van der Waals surface area contributed by atoms with Gasteiger partial charge >= 0.3 is 0 Å². The molecule has 8 nitrogen and oxygen atoms in total. The first-order valence-electron chi connectivity index (χ1n) is 12.8. The molecule has 0 fully saturated rings. The lowest BCUT2D eigenvalue weighted by Gasteiger charge is -2.16. The summed E-state index contributed by atoms with van der Waals surface area (Å²) in [6.07, 6.45) is 0. The summed E-state index contributed by atoms with van der Waals surface area (Å²) in [5.41, 5.74) is 3.99. The monoisotopic (exact) mass is 559 g/mol. The molecule has 1 unspecified atom stereocenters. The van der Waals surface area contributed by atoms with Gasteiger partial charge in [0.25, 0.3) is 0 Å². The second-order valence-electron chi connectivity index (χ2n) is 11.9. The predicted octanol–water partition coefficient (Wildman–Crippen LogP) is 7.57. The second-order valence-corrected chi connectivity index (χ2v) is 23.5. The first kappa shape index (κ1) is 27.9. The van der Waals surface area contributed by atoms with Gasteiger partial charge in [-0.3, -0.25) is 0 Å². The highest BCUT2D eigenvalue weighted by molar-refractivity contribution is 6.76. The zero-order valence-corrected chi connectivity index (χ0v) is 25.7. The van der Waals surface area contributed by atoms with E-state index in [1.165, 1.54) is 0 Å². The molecule has 200 valence electrons. The Morgan fingerprint density at radius 3 is 2.32 bits per heavy atom. The largest absolute Gasteiger partial charge is 0.494 e. The van der Waals surface area contributed by atoms with Gasteiger partial charge in [0, 0.05) is 45.9 Å². The van der Waals surface area contributed by atoms with Crippen LogP contribution in [0.15, 0.2) is 34.5 Å². The van der Waals surface area contributed by atoms with Crippen molar-refractivity contribution in [3.8, 4) is 17.0 Å². The Hall–Kier alpha value is -2.12. The average molecular weight is 560 g/mol. The van der Waals surface area contributed by atoms with Gasteiger partial charge < -0.3 is 14.2 Å². The van der Waals surface area contributed by atoms with Crippen LogP contribution in [0.3, 0.4) is 0 Å². The molecule has 0 bridgehead atoms. The maximum atomic E-state index is 6.25. The molecule has 37 heavy (non-hydrogen) atoms. The summed E-state index contributed by atoms with van der Waals surface area (Å²) in [5.74, 6) is 0.645. The zero-order valence-electron chi connectivity index (χ0n) is 23.0. The summed E-state index contributed by atoms with van der Waals surface area (Å²) in [7, 11) is -0.672. The molecule has 0 saturated carbocycles. The van der Waals surface area contributed by atoms with Crippen LogP contribution in [-0.2, 0) is 16.2 Å². The number of azo groups is 1. The third-order valence-electron chi connectivity index (χ3n) is 6.32. The van der Waals surface area contributed by atoms with E-state index in [9.17, 15) is 0 Å². The molecule has 3 aromatic rings. The van der Waals surface area contributed by atoms with Crippen molar-refractivity contribution in [2.45, 2.75) is 64.1 Å². The van der Waals surface area contributed by atoms with Crippen LogP contribution in [0.25, 0.3) is 22.3 Å². The summed E-state index contributed by atoms with van der Waals surface area (Å²) in [6, 6.07) is 9.87. The molecule has 11 heteroatoms. The van der Waals surface area contributed by atoms with E-state index in [-0.39, 0.29) is 6.04 Å². The second kappa shape index (κ2) is 11.3. The number of hydrogen-bond acceptors (Lipinski definition) is 7. The van der Waals surface area contributed by atoms with Gasteiger partial charge in [-0.2, -0.15) is 15.3 Å². The normalized spacial score (nSPS) is 15.5. The van der Waals surface area contributed by atoms with E-state index in [1.807, 2.05) is 12.1 Å². The molecule has 0 saturated heterocycles. The summed E-state index contributed by atoms with van der Waals surface area (Å²) < 4.78 is 19.6. The third-order valence-corrected chi connectivity index (χ3v) is 9.94. The first-order valence-corrected chi connectivity index (χ1v) is 20.6. The average Bonchev–Trinajstić information content (AvgIpc) is 3.39. The summed E-state index contributed by atoms with van der Waals surface area (Å²) in [4.78, 5) is 4.55. The van der Waals surface area contributed by atoms with Gasteiger partial charge in [0.1, 0.15) is 29.3 Å². The minimum Gasteiger partial charge on any atom is -0.494 e. The molecule has 3 heterocycles. The number of halogens is 1. The van der Waals surface area contributed by atoms with Gasteiger partial charge in [-0.05, 0) is 30.3 Å². The Balaban J connectivity index is 1.60. The van der Waals surface area contributed by atoms with Crippen molar-refractivity contribution in [2.75, 3.05) is 26.9 Å². The molecule has 2 aromatic heterocycles. The highest BCUT2D eigenvalue weighted by atomic mass is 35.5. The fourth-order valence-electron chi connectivity index (χ4n) is 4.08. The van der Waals surface area contributed by atoms with Crippen molar-refractivity contribution in [3.05, 3.63) is 35.0 Å². The molecule has 0 aliphatic carbocycles.